The fourth-order valence-corrected chi connectivity index (χ4v) is 4.97. The zero-order valence-electron chi connectivity index (χ0n) is 18.3. The van der Waals surface area contributed by atoms with Crippen molar-refractivity contribution < 1.29 is 4.74 Å². The maximum Gasteiger partial charge on any atom is 0.235 e. The Morgan fingerprint density at radius 2 is 1.91 bits per heavy atom. The number of aryl methyl sites for hydroxylation is 3. The topological polar surface area (TPSA) is 112 Å². The first kappa shape index (κ1) is 20.0. The van der Waals surface area contributed by atoms with E-state index in [-0.39, 0.29) is 11.0 Å². The van der Waals surface area contributed by atoms with Crippen molar-refractivity contribution in [2.24, 2.45) is 5.41 Å². The van der Waals surface area contributed by atoms with E-state index < -0.39 is 0 Å². The van der Waals surface area contributed by atoms with E-state index >= 15 is 0 Å². The molecule has 0 radical (unpaired) electrons. The van der Waals surface area contributed by atoms with Gasteiger partial charge in [-0.2, -0.15) is 25.6 Å². The third-order valence-corrected chi connectivity index (χ3v) is 6.39. The predicted octanol–water partition coefficient (Wildman–Crippen LogP) is 4.65. The number of allylic oxidation sites excluding steroid dienone is 1. The van der Waals surface area contributed by atoms with Crippen LogP contribution < -0.4 is 10.1 Å². The zero-order chi connectivity index (χ0) is 22.5. The largest absolute Gasteiger partial charge is 0.437 e. The number of benzene rings is 1. The Hall–Kier alpha value is -3.91. The number of rotatable bonds is 6. The molecular weight excluding hydrogens is 402 g/mol. The molecule has 8 nitrogen and oxygen atoms in total. The number of aromatic nitrogens is 4. The average molecular weight is 425 g/mol. The van der Waals surface area contributed by atoms with Crippen LogP contribution in [-0.4, -0.2) is 25.3 Å². The Bertz CT molecular complexity index is 1310. The fourth-order valence-electron chi connectivity index (χ4n) is 4.97. The second kappa shape index (κ2) is 7.06. The van der Waals surface area contributed by atoms with Gasteiger partial charge in [0.25, 0.3) is 0 Å². The molecule has 0 unspecified atom stereocenters. The van der Waals surface area contributed by atoms with Crippen molar-refractivity contribution in [2.75, 3.05) is 5.32 Å². The van der Waals surface area contributed by atoms with Crippen LogP contribution in [0.2, 0.25) is 0 Å². The minimum absolute atomic E-state index is 0.0887. The monoisotopic (exact) mass is 425 g/mol. The van der Waals surface area contributed by atoms with Crippen LogP contribution in [0.3, 0.4) is 0 Å². The van der Waals surface area contributed by atoms with Gasteiger partial charge in [0, 0.05) is 24.4 Å². The summed E-state index contributed by atoms with van der Waals surface area (Å²) < 4.78 is 8.16. The van der Waals surface area contributed by atoms with E-state index in [9.17, 15) is 5.26 Å². The van der Waals surface area contributed by atoms with E-state index in [0.717, 1.165) is 47.1 Å². The molecule has 3 aliphatic carbocycles. The summed E-state index contributed by atoms with van der Waals surface area (Å²) in [5.41, 5.74) is 3.16. The highest BCUT2D eigenvalue weighted by molar-refractivity contribution is 5.81. The second-order valence-corrected chi connectivity index (χ2v) is 8.95. The summed E-state index contributed by atoms with van der Waals surface area (Å²) in [4.78, 5) is 9.32. The maximum absolute atomic E-state index is 9.30. The molecule has 0 spiro atoms. The first-order valence-corrected chi connectivity index (χ1v) is 10.7. The fraction of sp³-hybridized carbons (Fsp3) is 0.375. The molecule has 1 aromatic carbocycles. The van der Waals surface area contributed by atoms with Crippen LogP contribution in [-0.2, 0) is 6.54 Å². The number of ether oxygens (including phenoxy) is 1. The van der Waals surface area contributed by atoms with E-state index in [4.69, 9.17) is 15.0 Å². The van der Waals surface area contributed by atoms with Crippen molar-refractivity contribution in [3.63, 3.8) is 0 Å². The van der Waals surface area contributed by atoms with Crippen molar-refractivity contribution >= 4 is 23.1 Å². The highest BCUT2D eigenvalue weighted by Crippen LogP contribution is 2.67. The molecule has 2 bridgehead atoms. The Balaban J connectivity index is 1.51. The summed E-state index contributed by atoms with van der Waals surface area (Å²) in [6.07, 6.45) is 7.61. The summed E-state index contributed by atoms with van der Waals surface area (Å²) in [6.45, 7) is 6.68. The highest BCUT2D eigenvalue weighted by atomic mass is 16.5. The molecule has 0 aliphatic heterocycles. The molecule has 160 valence electrons. The summed E-state index contributed by atoms with van der Waals surface area (Å²) in [6, 6.07) is 8.40. The first-order chi connectivity index (χ1) is 15.4. The minimum Gasteiger partial charge on any atom is -0.437 e. The lowest BCUT2D eigenvalue weighted by atomic mass is 9.40. The molecule has 6 rings (SSSR count). The standard InChI is InChI=1S/C24H23N7O/c1-4-31-10-18-20(30-31)27-22(29-24-11-23(12-24,13-24)14-26)28-21(18)32-19-15(2)8-17(6-5-7-25)9-16(19)3/h5-6,8-10H,4,11-13H2,1-3H3,(H,27,29,30)/b6-5+. The lowest BCUT2D eigenvalue weighted by Gasteiger charge is -2.66. The van der Waals surface area contributed by atoms with Crippen molar-refractivity contribution in [3.8, 4) is 23.8 Å². The third kappa shape index (κ3) is 3.16. The molecule has 2 heterocycles. The first-order valence-electron chi connectivity index (χ1n) is 10.7. The lowest BCUT2D eigenvalue weighted by Crippen LogP contribution is -2.70. The Morgan fingerprint density at radius 1 is 1.19 bits per heavy atom. The van der Waals surface area contributed by atoms with E-state index in [2.05, 4.69) is 21.5 Å². The molecule has 0 saturated heterocycles. The van der Waals surface area contributed by atoms with E-state index in [1.807, 2.05) is 49.9 Å². The molecule has 3 aliphatic rings. The van der Waals surface area contributed by atoms with Gasteiger partial charge in [-0.15, -0.1) is 0 Å². The number of hydrogen-bond acceptors (Lipinski definition) is 7. The van der Waals surface area contributed by atoms with Gasteiger partial charge in [0.15, 0.2) is 5.65 Å². The lowest BCUT2D eigenvalue weighted by molar-refractivity contribution is -0.0665. The summed E-state index contributed by atoms with van der Waals surface area (Å²) in [5.74, 6) is 1.65. The maximum atomic E-state index is 9.30. The normalized spacial score (nSPS) is 23.3. The van der Waals surface area contributed by atoms with Gasteiger partial charge in [-0.3, -0.25) is 4.68 Å². The van der Waals surface area contributed by atoms with Gasteiger partial charge < -0.3 is 10.1 Å². The SMILES string of the molecule is CCn1cc2c(Oc3c(C)cc(/C=C/C#N)cc3C)nc(NC34CC(C#N)(C3)C4)nc2n1. The van der Waals surface area contributed by atoms with Crippen LogP contribution in [0.5, 0.6) is 11.6 Å². The quantitative estimate of drug-likeness (QED) is 0.572. The molecule has 3 fully saturated rings. The van der Waals surface area contributed by atoms with Gasteiger partial charge in [0.05, 0.1) is 17.6 Å². The Kier molecular flexibility index (Phi) is 4.42. The number of fused-ring (bicyclic) bond motifs is 1. The molecule has 3 saturated carbocycles. The highest BCUT2D eigenvalue weighted by Gasteiger charge is 2.69. The van der Waals surface area contributed by atoms with Crippen LogP contribution in [0.4, 0.5) is 5.95 Å². The number of hydrogen-bond donors (Lipinski definition) is 1. The molecule has 1 N–H and O–H groups in total. The summed E-state index contributed by atoms with van der Waals surface area (Å²) >= 11 is 0. The predicted molar refractivity (Wildman–Crippen MR) is 120 cm³/mol. The molecule has 8 heteroatoms. The summed E-state index contributed by atoms with van der Waals surface area (Å²) in [5, 5.41) is 26.8. The third-order valence-electron chi connectivity index (χ3n) is 6.39. The minimum atomic E-state index is -0.157. The number of nitrogens with zero attached hydrogens (tertiary/aromatic N) is 6. The molecule has 0 amide bonds. The molecule has 32 heavy (non-hydrogen) atoms. The van der Waals surface area contributed by atoms with Crippen molar-refractivity contribution in [1.29, 1.82) is 10.5 Å². The van der Waals surface area contributed by atoms with Gasteiger partial charge in [-0.05, 0) is 74.9 Å². The zero-order valence-corrected chi connectivity index (χ0v) is 18.3. The smallest absolute Gasteiger partial charge is 0.235 e. The molecule has 3 aromatic rings. The molecule has 0 atom stereocenters. The Morgan fingerprint density at radius 3 is 2.53 bits per heavy atom. The number of anilines is 1. The van der Waals surface area contributed by atoms with Gasteiger partial charge in [-0.25, -0.2) is 0 Å². The van der Waals surface area contributed by atoms with Crippen LogP contribution in [0.1, 0.15) is 42.9 Å². The molecule has 2 aromatic heterocycles. The van der Waals surface area contributed by atoms with E-state index in [1.165, 1.54) is 6.08 Å². The van der Waals surface area contributed by atoms with Crippen molar-refractivity contribution in [1.82, 2.24) is 19.7 Å². The average Bonchev–Trinajstić information content (AvgIpc) is 3.14. The van der Waals surface area contributed by atoms with Gasteiger partial charge in [0.2, 0.25) is 11.8 Å². The Labute approximate surface area is 186 Å². The van der Waals surface area contributed by atoms with Gasteiger partial charge in [-0.1, -0.05) is 0 Å². The number of nitrogens with one attached hydrogen (secondary N) is 1. The number of nitriles is 2. The van der Waals surface area contributed by atoms with Crippen LogP contribution >= 0.6 is 0 Å². The second-order valence-electron chi connectivity index (χ2n) is 8.95. The van der Waals surface area contributed by atoms with Crippen molar-refractivity contribution in [2.45, 2.75) is 52.1 Å². The molecular formula is C24H23N7O. The van der Waals surface area contributed by atoms with Crippen LogP contribution in [0.15, 0.2) is 24.4 Å². The van der Waals surface area contributed by atoms with Crippen LogP contribution in [0.25, 0.3) is 17.1 Å². The van der Waals surface area contributed by atoms with Crippen LogP contribution in [0, 0.1) is 41.9 Å². The van der Waals surface area contributed by atoms with E-state index in [1.54, 1.807) is 6.08 Å². The van der Waals surface area contributed by atoms with Gasteiger partial charge in [0.1, 0.15) is 11.1 Å². The summed E-state index contributed by atoms with van der Waals surface area (Å²) in [7, 11) is 0. The van der Waals surface area contributed by atoms with E-state index in [0.29, 0.717) is 24.0 Å². The van der Waals surface area contributed by atoms with Gasteiger partial charge >= 0.3 is 0 Å². The van der Waals surface area contributed by atoms with Crippen molar-refractivity contribution in [3.05, 3.63) is 41.1 Å².